The van der Waals surface area contributed by atoms with Crippen LogP contribution in [0.15, 0.2) is 0 Å². The van der Waals surface area contributed by atoms with Gasteiger partial charge in [0.1, 0.15) is 20.5 Å². The number of anilines is 2. The molecule has 3 unspecified atom stereocenters. The van der Waals surface area contributed by atoms with Gasteiger partial charge in [0.15, 0.2) is 11.5 Å². The Morgan fingerprint density at radius 1 is 1.34 bits per heavy atom. The Morgan fingerprint density at radius 3 is 2.52 bits per heavy atom. The van der Waals surface area contributed by atoms with Gasteiger partial charge in [-0.25, -0.2) is 13.4 Å². The van der Waals surface area contributed by atoms with E-state index in [-0.39, 0.29) is 47.4 Å². The standard InChI is InChI=1S/C17H18ClF3N4O3S/c1-14-4-15(14,26)5-25(14)13-22-10(17(19,20)21)9(18)12(23-13)24-3-7-8-11(24)16(7,8)6-29(2,27)28/h7-8,11,26H,3-6H2,1-2H3/t7?,8?,11?,14-,15-,16-/m1/s1. The number of sulfone groups is 1. The van der Waals surface area contributed by atoms with Gasteiger partial charge < -0.3 is 14.9 Å². The number of aromatic nitrogens is 2. The van der Waals surface area contributed by atoms with E-state index in [9.17, 15) is 26.7 Å². The third kappa shape index (κ3) is 2.06. The van der Waals surface area contributed by atoms with E-state index in [0.29, 0.717) is 13.0 Å². The summed E-state index contributed by atoms with van der Waals surface area (Å²) in [6, 6.07) is -0.145. The summed E-state index contributed by atoms with van der Waals surface area (Å²) >= 11 is 6.12. The van der Waals surface area contributed by atoms with E-state index in [1.807, 2.05) is 0 Å². The second-order valence-electron chi connectivity index (χ2n) is 9.49. The summed E-state index contributed by atoms with van der Waals surface area (Å²) in [5.74, 6) is 0.277. The van der Waals surface area contributed by atoms with Crippen molar-refractivity contribution in [2.24, 2.45) is 17.3 Å². The topological polar surface area (TPSA) is 86.6 Å². The molecule has 3 aliphatic heterocycles. The Hall–Kier alpha value is -1.33. The van der Waals surface area contributed by atoms with Crippen LogP contribution in [0.4, 0.5) is 24.9 Å². The quantitative estimate of drug-likeness (QED) is 0.740. The Labute approximate surface area is 169 Å². The molecule has 0 amide bonds. The average Bonchev–Trinajstić information content (AvgIpc) is 3.34. The first kappa shape index (κ1) is 18.4. The fraction of sp³-hybridized carbons (Fsp3) is 0.765. The van der Waals surface area contributed by atoms with Crippen LogP contribution in [0.3, 0.4) is 0 Å². The summed E-state index contributed by atoms with van der Waals surface area (Å²) in [5, 5.41) is 9.67. The second-order valence-corrected chi connectivity index (χ2v) is 12.0. The van der Waals surface area contributed by atoms with E-state index < -0.39 is 37.9 Å². The van der Waals surface area contributed by atoms with Crippen LogP contribution in [0.1, 0.15) is 19.0 Å². The van der Waals surface area contributed by atoms with Gasteiger partial charge in [-0.05, 0) is 18.8 Å². The van der Waals surface area contributed by atoms with Crippen LogP contribution < -0.4 is 9.80 Å². The van der Waals surface area contributed by atoms with Crippen LogP contribution >= 0.6 is 11.6 Å². The van der Waals surface area contributed by atoms with E-state index in [1.165, 1.54) is 6.26 Å². The highest BCUT2D eigenvalue weighted by atomic mass is 35.5. The van der Waals surface area contributed by atoms with Crippen LogP contribution in [0.25, 0.3) is 0 Å². The zero-order chi connectivity index (χ0) is 20.9. The molecule has 1 aromatic rings. The number of hydrogen-bond acceptors (Lipinski definition) is 7. The molecule has 12 heteroatoms. The zero-order valence-corrected chi connectivity index (χ0v) is 17.1. The van der Waals surface area contributed by atoms with Crippen LogP contribution in [0.5, 0.6) is 0 Å². The third-order valence-electron chi connectivity index (χ3n) is 7.79. The van der Waals surface area contributed by atoms with E-state index >= 15 is 0 Å². The van der Waals surface area contributed by atoms with Gasteiger partial charge in [-0.3, -0.25) is 0 Å². The molecule has 1 N–H and O–H groups in total. The fourth-order valence-electron chi connectivity index (χ4n) is 6.07. The predicted octanol–water partition coefficient (Wildman–Crippen LogP) is 1.34. The predicted molar refractivity (Wildman–Crippen MR) is 97.6 cm³/mol. The Balaban J connectivity index is 1.39. The molecular formula is C17H18ClF3N4O3S. The van der Waals surface area contributed by atoms with Crippen molar-refractivity contribution in [2.45, 2.75) is 36.7 Å². The molecule has 0 aromatic carbocycles. The van der Waals surface area contributed by atoms with Gasteiger partial charge >= 0.3 is 6.18 Å². The number of nitrogens with zero attached hydrogens (tertiary/aromatic N) is 4. The van der Waals surface area contributed by atoms with Crippen LogP contribution in [0, 0.1) is 17.3 Å². The normalized spacial score (nSPS) is 43.6. The number of alkyl halides is 3. The minimum atomic E-state index is -4.75. The maximum Gasteiger partial charge on any atom is 0.435 e. The van der Waals surface area contributed by atoms with Crippen molar-refractivity contribution in [3.63, 3.8) is 0 Å². The SMILES string of the molecule is C[C@@]12C[C@@]1(O)CN2c1nc(N2CC3C4C2[C@]34CS(C)(=O)=O)c(Cl)c(C(F)(F)F)n1. The molecule has 6 atom stereocenters. The summed E-state index contributed by atoms with van der Waals surface area (Å²) in [6.45, 7) is 2.38. The number of fused-ring (bicyclic) bond motifs is 2. The lowest BCUT2D eigenvalue weighted by molar-refractivity contribution is -0.141. The molecule has 3 aliphatic carbocycles. The van der Waals surface area contributed by atoms with E-state index in [2.05, 4.69) is 9.97 Å². The Morgan fingerprint density at radius 2 is 2.03 bits per heavy atom. The molecule has 3 saturated heterocycles. The number of piperidine rings is 1. The molecular weight excluding hydrogens is 433 g/mol. The first-order valence-electron chi connectivity index (χ1n) is 9.32. The third-order valence-corrected chi connectivity index (χ3v) is 9.16. The summed E-state index contributed by atoms with van der Waals surface area (Å²) in [6.07, 6.45) is -3.12. The minimum Gasteiger partial charge on any atom is -0.385 e. The molecule has 29 heavy (non-hydrogen) atoms. The molecule has 3 saturated carbocycles. The van der Waals surface area contributed by atoms with Crippen LogP contribution in [-0.2, 0) is 16.0 Å². The molecule has 7 rings (SSSR count). The molecule has 6 aliphatic rings. The van der Waals surface area contributed by atoms with Gasteiger partial charge in [0.2, 0.25) is 5.95 Å². The molecule has 0 spiro atoms. The highest BCUT2D eigenvalue weighted by Crippen LogP contribution is 2.86. The maximum absolute atomic E-state index is 13.6. The van der Waals surface area contributed by atoms with Crippen molar-refractivity contribution in [2.75, 3.05) is 34.9 Å². The lowest BCUT2D eigenvalue weighted by Crippen LogP contribution is -2.59. The Kier molecular flexibility index (Phi) is 2.94. The van der Waals surface area contributed by atoms with Crippen molar-refractivity contribution in [3.8, 4) is 0 Å². The monoisotopic (exact) mass is 450 g/mol. The number of rotatable bonds is 4. The van der Waals surface area contributed by atoms with Gasteiger partial charge in [-0.15, -0.1) is 0 Å². The smallest absolute Gasteiger partial charge is 0.385 e. The van der Waals surface area contributed by atoms with Crippen LogP contribution in [-0.4, -0.2) is 65.8 Å². The molecule has 158 valence electrons. The van der Waals surface area contributed by atoms with Crippen molar-refractivity contribution in [1.29, 1.82) is 0 Å². The summed E-state index contributed by atoms with van der Waals surface area (Å²) < 4.78 is 64.4. The largest absolute Gasteiger partial charge is 0.435 e. The molecule has 4 heterocycles. The second kappa shape index (κ2) is 4.62. The van der Waals surface area contributed by atoms with Crippen molar-refractivity contribution in [3.05, 3.63) is 10.7 Å². The van der Waals surface area contributed by atoms with Crippen LogP contribution in [0.2, 0.25) is 5.02 Å². The minimum absolute atomic E-state index is 0.00839. The van der Waals surface area contributed by atoms with E-state index in [1.54, 1.807) is 16.7 Å². The average molecular weight is 451 g/mol. The molecule has 7 nitrogen and oxygen atoms in total. The molecule has 1 aromatic heterocycles. The Bertz CT molecular complexity index is 1090. The van der Waals surface area contributed by atoms with Gasteiger partial charge in [0.25, 0.3) is 0 Å². The van der Waals surface area contributed by atoms with Gasteiger partial charge in [-0.1, -0.05) is 11.6 Å². The first-order chi connectivity index (χ1) is 13.2. The van der Waals surface area contributed by atoms with E-state index in [4.69, 9.17) is 11.6 Å². The summed E-state index contributed by atoms with van der Waals surface area (Å²) in [5.41, 5.74) is -3.11. The van der Waals surface area contributed by atoms with Crippen molar-refractivity contribution in [1.82, 2.24) is 9.97 Å². The first-order valence-corrected chi connectivity index (χ1v) is 11.8. The van der Waals surface area contributed by atoms with Gasteiger partial charge in [0, 0.05) is 30.7 Å². The molecule has 6 fully saturated rings. The number of halogens is 4. The number of hydrogen-bond donors (Lipinski definition) is 1. The highest BCUT2D eigenvalue weighted by Gasteiger charge is 2.92. The highest BCUT2D eigenvalue weighted by molar-refractivity contribution is 7.90. The molecule has 0 radical (unpaired) electrons. The van der Waals surface area contributed by atoms with Crippen molar-refractivity contribution < 1.29 is 26.7 Å². The fourth-order valence-corrected chi connectivity index (χ4v) is 7.86. The number of β-amino-alcohol motifs (C(OH)–C–C–N with tert-alkyl or cyclic N) is 1. The molecule has 2 bridgehead atoms. The van der Waals surface area contributed by atoms with Crippen molar-refractivity contribution >= 4 is 33.2 Å². The lowest BCUT2D eigenvalue weighted by atomic mass is 10.0. The maximum atomic E-state index is 13.6. The van der Waals surface area contributed by atoms with Gasteiger partial charge in [-0.2, -0.15) is 18.2 Å². The summed E-state index contributed by atoms with van der Waals surface area (Å²) in [7, 11) is -3.19. The summed E-state index contributed by atoms with van der Waals surface area (Å²) in [4.78, 5) is 11.4. The lowest BCUT2D eigenvalue weighted by Gasteiger charge is -2.43. The number of aliphatic hydroxyl groups is 1. The van der Waals surface area contributed by atoms with Gasteiger partial charge in [0.05, 0.1) is 17.8 Å². The van der Waals surface area contributed by atoms with E-state index in [0.717, 1.165) is 0 Å². The zero-order valence-electron chi connectivity index (χ0n) is 15.5.